The highest BCUT2D eigenvalue weighted by Crippen LogP contribution is 2.12. The van der Waals surface area contributed by atoms with Gasteiger partial charge in [-0.2, -0.15) is 5.10 Å². The SMILES string of the molecule is Cc1[nH]ncc1CNC(=O)c1ncccc1O. The number of hydrogen-bond donors (Lipinski definition) is 3. The number of pyridine rings is 1. The molecular weight excluding hydrogens is 220 g/mol. The molecule has 2 aromatic rings. The third-order valence-electron chi connectivity index (χ3n) is 2.38. The lowest BCUT2D eigenvalue weighted by atomic mass is 10.2. The van der Waals surface area contributed by atoms with Crippen molar-refractivity contribution in [3.05, 3.63) is 41.5 Å². The minimum Gasteiger partial charge on any atom is -0.505 e. The average Bonchev–Trinajstić information content (AvgIpc) is 2.72. The summed E-state index contributed by atoms with van der Waals surface area (Å²) < 4.78 is 0. The van der Waals surface area contributed by atoms with Crippen molar-refractivity contribution >= 4 is 5.91 Å². The van der Waals surface area contributed by atoms with Gasteiger partial charge in [0.05, 0.1) is 6.20 Å². The van der Waals surface area contributed by atoms with E-state index in [1.54, 1.807) is 12.3 Å². The van der Waals surface area contributed by atoms with Crippen molar-refractivity contribution < 1.29 is 9.90 Å². The van der Waals surface area contributed by atoms with Gasteiger partial charge >= 0.3 is 0 Å². The number of aromatic nitrogens is 3. The predicted molar refractivity (Wildman–Crippen MR) is 60.4 cm³/mol. The number of nitrogens with one attached hydrogen (secondary N) is 2. The molecule has 0 unspecified atom stereocenters. The molecule has 88 valence electrons. The summed E-state index contributed by atoms with van der Waals surface area (Å²) in [5.41, 5.74) is 1.82. The molecule has 17 heavy (non-hydrogen) atoms. The second-order valence-corrected chi connectivity index (χ2v) is 3.57. The first-order chi connectivity index (χ1) is 8.18. The number of nitrogens with zero attached hydrogens (tertiary/aromatic N) is 2. The van der Waals surface area contributed by atoms with Crippen molar-refractivity contribution in [2.45, 2.75) is 13.5 Å². The fraction of sp³-hybridized carbons (Fsp3) is 0.182. The van der Waals surface area contributed by atoms with E-state index in [0.29, 0.717) is 6.54 Å². The summed E-state index contributed by atoms with van der Waals surface area (Å²) in [4.78, 5) is 15.5. The number of amides is 1. The van der Waals surface area contributed by atoms with Gasteiger partial charge in [-0.1, -0.05) is 0 Å². The van der Waals surface area contributed by atoms with Crippen LogP contribution in [0.1, 0.15) is 21.7 Å². The van der Waals surface area contributed by atoms with Crippen molar-refractivity contribution in [2.24, 2.45) is 0 Å². The van der Waals surface area contributed by atoms with Gasteiger partial charge in [-0.3, -0.25) is 9.89 Å². The van der Waals surface area contributed by atoms with E-state index >= 15 is 0 Å². The molecule has 0 saturated heterocycles. The van der Waals surface area contributed by atoms with Crippen LogP contribution in [0.2, 0.25) is 0 Å². The van der Waals surface area contributed by atoms with Crippen LogP contribution in [0, 0.1) is 6.92 Å². The molecule has 0 saturated carbocycles. The summed E-state index contributed by atoms with van der Waals surface area (Å²) in [6.45, 7) is 2.21. The van der Waals surface area contributed by atoms with E-state index in [-0.39, 0.29) is 11.4 Å². The van der Waals surface area contributed by atoms with Crippen molar-refractivity contribution in [1.29, 1.82) is 0 Å². The number of carbonyl (C=O) groups is 1. The van der Waals surface area contributed by atoms with E-state index in [2.05, 4.69) is 20.5 Å². The highest BCUT2D eigenvalue weighted by atomic mass is 16.3. The molecule has 0 spiro atoms. The van der Waals surface area contributed by atoms with Gasteiger partial charge in [-0.05, 0) is 19.1 Å². The average molecular weight is 232 g/mol. The smallest absolute Gasteiger partial charge is 0.274 e. The Labute approximate surface area is 97.7 Å². The zero-order chi connectivity index (χ0) is 12.3. The van der Waals surface area contributed by atoms with Gasteiger partial charge in [0, 0.05) is 24.0 Å². The second-order valence-electron chi connectivity index (χ2n) is 3.57. The molecule has 0 aliphatic rings. The third kappa shape index (κ3) is 2.41. The summed E-state index contributed by atoms with van der Waals surface area (Å²) in [5, 5.41) is 18.7. The van der Waals surface area contributed by atoms with Crippen LogP contribution in [0.4, 0.5) is 0 Å². The molecule has 0 aliphatic heterocycles. The zero-order valence-corrected chi connectivity index (χ0v) is 9.27. The molecule has 2 rings (SSSR count). The third-order valence-corrected chi connectivity index (χ3v) is 2.38. The first-order valence-electron chi connectivity index (χ1n) is 5.09. The maximum absolute atomic E-state index is 11.7. The Kier molecular flexibility index (Phi) is 3.04. The lowest BCUT2D eigenvalue weighted by Crippen LogP contribution is -2.24. The van der Waals surface area contributed by atoms with E-state index in [1.165, 1.54) is 12.3 Å². The number of H-pyrrole nitrogens is 1. The minimum absolute atomic E-state index is 0.0219. The Hall–Kier alpha value is -2.37. The van der Waals surface area contributed by atoms with E-state index in [4.69, 9.17) is 0 Å². The minimum atomic E-state index is -0.413. The monoisotopic (exact) mass is 232 g/mol. The van der Waals surface area contributed by atoms with Gasteiger partial charge in [-0.15, -0.1) is 0 Å². The maximum Gasteiger partial charge on any atom is 0.274 e. The van der Waals surface area contributed by atoms with Crippen molar-refractivity contribution in [3.8, 4) is 5.75 Å². The van der Waals surface area contributed by atoms with E-state index in [9.17, 15) is 9.90 Å². The molecule has 2 aromatic heterocycles. The number of rotatable bonds is 3. The Bertz CT molecular complexity index is 536. The molecule has 0 aliphatic carbocycles. The number of aromatic amines is 1. The van der Waals surface area contributed by atoms with Crippen molar-refractivity contribution in [1.82, 2.24) is 20.5 Å². The summed E-state index contributed by atoms with van der Waals surface area (Å²) in [6.07, 6.45) is 3.10. The highest BCUT2D eigenvalue weighted by molar-refractivity contribution is 5.94. The van der Waals surface area contributed by atoms with Crippen LogP contribution in [-0.2, 0) is 6.54 Å². The Morgan fingerprint density at radius 2 is 2.41 bits per heavy atom. The fourth-order valence-corrected chi connectivity index (χ4v) is 1.38. The van der Waals surface area contributed by atoms with Gasteiger partial charge in [-0.25, -0.2) is 4.98 Å². The van der Waals surface area contributed by atoms with Crippen LogP contribution < -0.4 is 5.32 Å². The molecule has 6 heteroatoms. The lowest BCUT2D eigenvalue weighted by Gasteiger charge is -2.04. The Balaban J connectivity index is 2.04. The van der Waals surface area contributed by atoms with Crippen molar-refractivity contribution in [3.63, 3.8) is 0 Å². The molecule has 1 amide bonds. The zero-order valence-electron chi connectivity index (χ0n) is 9.27. The number of carbonyl (C=O) groups excluding carboxylic acids is 1. The quantitative estimate of drug-likeness (QED) is 0.728. The van der Waals surface area contributed by atoms with Crippen LogP contribution in [-0.4, -0.2) is 26.2 Å². The Morgan fingerprint density at radius 1 is 1.59 bits per heavy atom. The van der Waals surface area contributed by atoms with Gasteiger partial charge in [0.1, 0.15) is 5.75 Å². The van der Waals surface area contributed by atoms with Crippen LogP contribution in [0.3, 0.4) is 0 Å². The highest BCUT2D eigenvalue weighted by Gasteiger charge is 2.12. The molecule has 0 atom stereocenters. The van der Waals surface area contributed by atoms with Gasteiger partial charge in [0.25, 0.3) is 5.91 Å². The van der Waals surface area contributed by atoms with Gasteiger partial charge in [0.2, 0.25) is 0 Å². The maximum atomic E-state index is 11.7. The molecule has 2 heterocycles. The first-order valence-corrected chi connectivity index (χ1v) is 5.09. The topological polar surface area (TPSA) is 90.9 Å². The summed E-state index contributed by atoms with van der Waals surface area (Å²) >= 11 is 0. The fourth-order valence-electron chi connectivity index (χ4n) is 1.38. The van der Waals surface area contributed by atoms with Crippen LogP contribution in [0.25, 0.3) is 0 Å². The second kappa shape index (κ2) is 4.65. The molecule has 0 fully saturated rings. The Morgan fingerprint density at radius 3 is 3.06 bits per heavy atom. The number of aryl methyl sites for hydroxylation is 1. The standard InChI is InChI=1S/C11H12N4O2/c1-7-8(6-14-15-7)5-13-11(17)10-9(16)3-2-4-12-10/h2-4,6,16H,5H2,1H3,(H,13,17)(H,14,15). The molecule has 0 radical (unpaired) electrons. The lowest BCUT2D eigenvalue weighted by molar-refractivity contribution is 0.0943. The molecular formula is C11H12N4O2. The summed E-state index contributed by atoms with van der Waals surface area (Å²) in [5.74, 6) is -0.544. The van der Waals surface area contributed by atoms with E-state index < -0.39 is 5.91 Å². The summed E-state index contributed by atoms with van der Waals surface area (Å²) in [6, 6.07) is 2.98. The van der Waals surface area contributed by atoms with Crippen molar-refractivity contribution in [2.75, 3.05) is 0 Å². The first kappa shape index (κ1) is 11.1. The predicted octanol–water partition coefficient (Wildman–Crippen LogP) is 0.749. The number of aromatic hydroxyl groups is 1. The van der Waals surface area contributed by atoms with Gasteiger partial charge in [0.15, 0.2) is 5.69 Å². The normalized spacial score (nSPS) is 10.2. The van der Waals surface area contributed by atoms with E-state index in [0.717, 1.165) is 11.3 Å². The molecule has 6 nitrogen and oxygen atoms in total. The molecule has 0 bridgehead atoms. The van der Waals surface area contributed by atoms with E-state index in [1.807, 2.05) is 6.92 Å². The van der Waals surface area contributed by atoms with Gasteiger partial charge < -0.3 is 10.4 Å². The molecule has 0 aromatic carbocycles. The molecule has 3 N–H and O–H groups in total. The van der Waals surface area contributed by atoms with Crippen LogP contribution >= 0.6 is 0 Å². The summed E-state index contributed by atoms with van der Waals surface area (Å²) in [7, 11) is 0. The van der Waals surface area contributed by atoms with Crippen LogP contribution in [0.15, 0.2) is 24.5 Å². The number of hydrogen-bond acceptors (Lipinski definition) is 4. The van der Waals surface area contributed by atoms with Crippen LogP contribution in [0.5, 0.6) is 5.75 Å². The largest absolute Gasteiger partial charge is 0.505 e.